The predicted molar refractivity (Wildman–Crippen MR) is 59.9 cm³/mol. The zero-order chi connectivity index (χ0) is 11.6. The van der Waals surface area contributed by atoms with Gasteiger partial charge in [0.25, 0.3) is 0 Å². The minimum atomic E-state index is -0.892. The molecule has 4 nitrogen and oxygen atoms in total. The van der Waals surface area contributed by atoms with E-state index in [1.807, 2.05) is 19.9 Å². The zero-order valence-corrected chi connectivity index (χ0v) is 9.56. The summed E-state index contributed by atoms with van der Waals surface area (Å²) < 4.78 is 0. The Morgan fingerprint density at radius 1 is 1.47 bits per heavy atom. The van der Waals surface area contributed by atoms with Crippen LogP contribution >= 0.6 is 11.3 Å². The standard InChI is InChI=1S/C10H14N2O2S/c1-5-3-7(6(2)15-5)9(13)4-8(11)10(12)14/h3,8H,4,11H2,1-2H3,(H2,12,14). The number of primary amides is 1. The van der Waals surface area contributed by atoms with Crippen LogP contribution in [0.25, 0.3) is 0 Å². The first kappa shape index (κ1) is 11.9. The van der Waals surface area contributed by atoms with Crippen LogP contribution in [0.15, 0.2) is 6.07 Å². The first-order chi connectivity index (χ1) is 6.91. The van der Waals surface area contributed by atoms with Crippen LogP contribution in [0.4, 0.5) is 0 Å². The lowest BCUT2D eigenvalue weighted by Crippen LogP contribution is -2.38. The Balaban J connectivity index is 2.77. The van der Waals surface area contributed by atoms with E-state index < -0.39 is 11.9 Å². The van der Waals surface area contributed by atoms with Crippen LogP contribution < -0.4 is 11.5 Å². The van der Waals surface area contributed by atoms with Gasteiger partial charge in [-0.05, 0) is 19.9 Å². The maximum Gasteiger partial charge on any atom is 0.234 e. The fourth-order valence-electron chi connectivity index (χ4n) is 1.32. The predicted octanol–water partition coefficient (Wildman–Crippen LogP) is 0.750. The Morgan fingerprint density at radius 2 is 2.07 bits per heavy atom. The Hall–Kier alpha value is -1.20. The van der Waals surface area contributed by atoms with Crippen molar-refractivity contribution in [1.82, 2.24) is 0 Å². The van der Waals surface area contributed by atoms with E-state index in [4.69, 9.17) is 11.5 Å². The largest absolute Gasteiger partial charge is 0.368 e. The summed E-state index contributed by atoms with van der Waals surface area (Å²) in [5.41, 5.74) is 11.1. The average molecular weight is 226 g/mol. The molecule has 1 atom stereocenters. The van der Waals surface area contributed by atoms with Crippen molar-refractivity contribution >= 4 is 23.0 Å². The lowest BCUT2D eigenvalue weighted by molar-refractivity contribution is -0.119. The number of carbonyl (C=O) groups excluding carboxylic acids is 2. The number of hydrogen-bond acceptors (Lipinski definition) is 4. The van der Waals surface area contributed by atoms with Crippen molar-refractivity contribution in [3.8, 4) is 0 Å². The third kappa shape index (κ3) is 2.87. The van der Waals surface area contributed by atoms with Crippen LogP contribution in [0.3, 0.4) is 0 Å². The molecule has 4 N–H and O–H groups in total. The molecule has 0 aliphatic heterocycles. The van der Waals surface area contributed by atoms with E-state index in [1.165, 1.54) is 0 Å². The highest BCUT2D eigenvalue weighted by Gasteiger charge is 2.18. The molecule has 1 rings (SSSR count). The van der Waals surface area contributed by atoms with E-state index >= 15 is 0 Å². The summed E-state index contributed by atoms with van der Waals surface area (Å²) in [6, 6.07) is 0.924. The summed E-state index contributed by atoms with van der Waals surface area (Å²) in [4.78, 5) is 24.4. The molecular formula is C10H14N2O2S. The number of aryl methyl sites for hydroxylation is 2. The van der Waals surface area contributed by atoms with Crippen molar-refractivity contribution in [3.05, 3.63) is 21.4 Å². The van der Waals surface area contributed by atoms with Gasteiger partial charge in [0, 0.05) is 21.7 Å². The van der Waals surface area contributed by atoms with Crippen LogP contribution in [0, 0.1) is 13.8 Å². The monoisotopic (exact) mass is 226 g/mol. The molecule has 1 unspecified atom stereocenters. The van der Waals surface area contributed by atoms with Crippen LogP contribution in [0.2, 0.25) is 0 Å². The van der Waals surface area contributed by atoms with Crippen LogP contribution in [0.1, 0.15) is 26.5 Å². The molecule has 82 valence electrons. The fourth-order valence-corrected chi connectivity index (χ4v) is 2.26. The fraction of sp³-hybridized carbons (Fsp3) is 0.400. The number of hydrogen-bond donors (Lipinski definition) is 2. The van der Waals surface area contributed by atoms with Crippen molar-refractivity contribution < 1.29 is 9.59 Å². The molecule has 0 spiro atoms. The molecule has 0 saturated carbocycles. The van der Waals surface area contributed by atoms with Crippen molar-refractivity contribution in [1.29, 1.82) is 0 Å². The van der Waals surface area contributed by atoms with Gasteiger partial charge in [-0.2, -0.15) is 0 Å². The second-order valence-corrected chi connectivity index (χ2v) is 4.92. The van der Waals surface area contributed by atoms with Gasteiger partial charge in [0.15, 0.2) is 5.78 Å². The molecule has 0 aliphatic carbocycles. The number of ketones is 1. The van der Waals surface area contributed by atoms with Gasteiger partial charge >= 0.3 is 0 Å². The molecular weight excluding hydrogens is 212 g/mol. The maximum absolute atomic E-state index is 11.7. The van der Waals surface area contributed by atoms with Gasteiger partial charge in [-0.15, -0.1) is 11.3 Å². The number of amides is 1. The summed E-state index contributed by atoms with van der Waals surface area (Å²) in [7, 11) is 0. The van der Waals surface area contributed by atoms with Gasteiger partial charge in [0.1, 0.15) is 0 Å². The number of Topliss-reactive ketones (excluding diaryl/α,β-unsaturated/α-hetero) is 1. The maximum atomic E-state index is 11.7. The van der Waals surface area contributed by atoms with Crippen LogP contribution in [-0.2, 0) is 4.79 Å². The highest BCUT2D eigenvalue weighted by molar-refractivity contribution is 7.12. The molecule has 5 heteroatoms. The Morgan fingerprint density at radius 3 is 2.47 bits per heavy atom. The second kappa shape index (κ2) is 4.55. The van der Waals surface area contributed by atoms with Crippen molar-refractivity contribution in [2.45, 2.75) is 26.3 Å². The van der Waals surface area contributed by atoms with E-state index in [0.717, 1.165) is 9.75 Å². The van der Waals surface area contributed by atoms with Crippen LogP contribution in [0.5, 0.6) is 0 Å². The molecule has 0 aromatic carbocycles. The number of nitrogens with two attached hydrogens (primary N) is 2. The smallest absolute Gasteiger partial charge is 0.234 e. The van der Waals surface area contributed by atoms with E-state index in [1.54, 1.807) is 11.3 Å². The number of thiophene rings is 1. The Bertz CT molecular complexity index is 398. The molecule has 0 bridgehead atoms. The lowest BCUT2D eigenvalue weighted by Gasteiger charge is -2.05. The van der Waals surface area contributed by atoms with Gasteiger partial charge in [0.05, 0.1) is 6.04 Å². The summed E-state index contributed by atoms with van der Waals surface area (Å²) >= 11 is 1.56. The molecule has 1 amide bonds. The van der Waals surface area contributed by atoms with Crippen molar-refractivity contribution in [2.24, 2.45) is 11.5 Å². The van der Waals surface area contributed by atoms with E-state index in [2.05, 4.69) is 0 Å². The number of carbonyl (C=O) groups is 2. The Kier molecular flexibility index (Phi) is 3.60. The zero-order valence-electron chi connectivity index (χ0n) is 8.74. The molecule has 0 aliphatic rings. The molecule has 15 heavy (non-hydrogen) atoms. The molecule has 0 fully saturated rings. The molecule has 1 aromatic rings. The van der Waals surface area contributed by atoms with Gasteiger partial charge < -0.3 is 11.5 Å². The van der Waals surface area contributed by atoms with Gasteiger partial charge in [-0.1, -0.05) is 0 Å². The highest BCUT2D eigenvalue weighted by atomic mass is 32.1. The normalized spacial score (nSPS) is 12.5. The van der Waals surface area contributed by atoms with Crippen LogP contribution in [-0.4, -0.2) is 17.7 Å². The van der Waals surface area contributed by atoms with E-state index in [9.17, 15) is 9.59 Å². The van der Waals surface area contributed by atoms with Gasteiger partial charge in [0.2, 0.25) is 5.91 Å². The summed E-state index contributed by atoms with van der Waals surface area (Å²) in [6.07, 6.45) is -0.0215. The highest BCUT2D eigenvalue weighted by Crippen LogP contribution is 2.22. The third-order valence-corrected chi connectivity index (χ3v) is 3.08. The summed E-state index contributed by atoms with van der Waals surface area (Å²) in [6.45, 7) is 3.81. The first-order valence-electron chi connectivity index (χ1n) is 4.57. The minimum absolute atomic E-state index is 0.0215. The van der Waals surface area contributed by atoms with Crippen molar-refractivity contribution in [3.63, 3.8) is 0 Å². The van der Waals surface area contributed by atoms with Gasteiger partial charge in [-0.25, -0.2) is 0 Å². The van der Waals surface area contributed by atoms with Gasteiger partial charge in [-0.3, -0.25) is 9.59 Å². The lowest BCUT2D eigenvalue weighted by atomic mass is 10.0. The molecule has 0 saturated heterocycles. The van der Waals surface area contributed by atoms with E-state index in [-0.39, 0.29) is 12.2 Å². The minimum Gasteiger partial charge on any atom is -0.368 e. The van der Waals surface area contributed by atoms with E-state index in [0.29, 0.717) is 5.56 Å². The molecule has 1 heterocycles. The summed E-state index contributed by atoms with van der Waals surface area (Å²) in [5, 5.41) is 0. The molecule has 1 aromatic heterocycles. The van der Waals surface area contributed by atoms with Crippen molar-refractivity contribution in [2.75, 3.05) is 0 Å². The SMILES string of the molecule is Cc1cc(C(=O)CC(N)C(N)=O)c(C)s1. The number of rotatable bonds is 4. The molecule has 0 radical (unpaired) electrons. The first-order valence-corrected chi connectivity index (χ1v) is 5.38. The second-order valence-electron chi connectivity index (χ2n) is 3.46. The topological polar surface area (TPSA) is 86.2 Å². The summed E-state index contributed by atoms with van der Waals surface area (Å²) in [5.74, 6) is -0.767. The Labute approximate surface area is 92.3 Å². The quantitative estimate of drug-likeness (QED) is 0.743. The average Bonchev–Trinajstić information content (AvgIpc) is 2.44. The third-order valence-electron chi connectivity index (χ3n) is 2.11.